The van der Waals surface area contributed by atoms with Crippen LogP contribution in [0.25, 0.3) is 5.57 Å². The highest BCUT2D eigenvalue weighted by molar-refractivity contribution is 6.32. The number of rotatable bonds is 13. The van der Waals surface area contributed by atoms with Gasteiger partial charge in [-0.25, -0.2) is 0 Å². The first-order valence-electron chi connectivity index (χ1n) is 19.9. The molecule has 1 aliphatic carbocycles. The Morgan fingerprint density at radius 1 is 0.982 bits per heavy atom. The van der Waals surface area contributed by atoms with Crippen LogP contribution in [0.2, 0.25) is 5.02 Å². The third kappa shape index (κ3) is 8.63. The Labute approximate surface area is 330 Å². The highest BCUT2D eigenvalue weighted by Crippen LogP contribution is 2.50. The smallest absolute Gasteiger partial charge is 0.320 e. The number of pyridine rings is 1. The van der Waals surface area contributed by atoms with E-state index in [1.807, 2.05) is 23.1 Å². The Morgan fingerprint density at radius 2 is 1.78 bits per heavy atom. The molecule has 3 saturated heterocycles. The summed E-state index contributed by atoms with van der Waals surface area (Å²) in [6.07, 6.45) is 18.2. The van der Waals surface area contributed by atoms with Crippen molar-refractivity contribution < 1.29 is 24.1 Å². The first-order chi connectivity index (χ1) is 26.7. The van der Waals surface area contributed by atoms with Crippen LogP contribution >= 0.6 is 11.6 Å². The van der Waals surface area contributed by atoms with Crippen molar-refractivity contribution in [3.8, 4) is 17.6 Å². The van der Waals surface area contributed by atoms with Gasteiger partial charge in [-0.3, -0.25) is 14.7 Å². The van der Waals surface area contributed by atoms with Crippen molar-refractivity contribution >= 4 is 23.1 Å². The number of carboxylic acid groups (broad SMARTS) is 1. The lowest BCUT2D eigenvalue weighted by molar-refractivity contribution is -0.144. The largest absolute Gasteiger partial charge is 0.488 e. The quantitative estimate of drug-likeness (QED) is 0.183. The molecule has 290 valence electrons. The number of carboxylic acids is 1. The molecule has 3 aromatic rings. The van der Waals surface area contributed by atoms with Gasteiger partial charge in [-0.2, -0.15) is 5.26 Å². The van der Waals surface area contributed by atoms with Gasteiger partial charge in [0.1, 0.15) is 42.4 Å². The molecule has 9 nitrogen and oxygen atoms in total. The molecule has 1 aromatic heterocycles. The molecule has 1 unspecified atom stereocenters. The lowest BCUT2D eigenvalue weighted by Gasteiger charge is -2.50. The van der Waals surface area contributed by atoms with Crippen molar-refractivity contribution in [1.29, 1.82) is 5.26 Å². The zero-order valence-corrected chi connectivity index (χ0v) is 32.8. The number of piperidine rings is 3. The molecule has 4 aliphatic rings. The number of nitrogens with zero attached hydrogens (tertiary/aromatic N) is 4. The third-order valence-corrected chi connectivity index (χ3v) is 12.7. The molecule has 4 heterocycles. The van der Waals surface area contributed by atoms with Gasteiger partial charge in [-0.15, -0.1) is 0 Å². The fourth-order valence-corrected chi connectivity index (χ4v) is 9.38. The normalized spacial score (nSPS) is 25.3. The molecular formula is C45H53ClN4O5. The van der Waals surface area contributed by atoms with Gasteiger partial charge in [0.25, 0.3) is 0 Å². The van der Waals surface area contributed by atoms with Gasteiger partial charge in [0.2, 0.25) is 0 Å². The number of hydrogen-bond acceptors (Lipinski definition) is 8. The number of allylic oxidation sites excluding steroid dienone is 2. The standard InChI is InChI=1S/C45H53ClN4O5/c1-44(2)37(34-12-4-3-5-13-34)15-10-18-45(44,55-30-35-14-11-21-49-19-8-6-16-39(35)49)31-54-42-24-41(53-29-33-22-32(25-47)26-48-27-33)36(23-38(42)46)28-50-20-9-7-17-40(50)43(51)52/h3-5,10,12-13,15,18,22-24,26-27,35,39-40H,6-9,11,14,16-17,19-21,28-31H2,1-2H3,(H,51,52)/t35-,39+,40-,45?/m0/s1. The fourth-order valence-electron chi connectivity index (χ4n) is 9.14. The molecule has 0 saturated carbocycles. The van der Waals surface area contributed by atoms with E-state index in [0.717, 1.165) is 36.0 Å². The summed E-state index contributed by atoms with van der Waals surface area (Å²) in [7, 11) is 0. The molecule has 7 rings (SSSR count). The van der Waals surface area contributed by atoms with Crippen molar-refractivity contribution in [2.24, 2.45) is 11.3 Å². The van der Waals surface area contributed by atoms with E-state index in [1.54, 1.807) is 12.3 Å². The molecule has 2 aromatic carbocycles. The van der Waals surface area contributed by atoms with E-state index < -0.39 is 23.0 Å². The van der Waals surface area contributed by atoms with Crippen molar-refractivity contribution in [3.05, 3.63) is 106 Å². The maximum absolute atomic E-state index is 12.2. The third-order valence-electron chi connectivity index (χ3n) is 12.4. The average molecular weight is 765 g/mol. The predicted octanol–water partition coefficient (Wildman–Crippen LogP) is 8.70. The molecule has 3 fully saturated rings. The first kappa shape index (κ1) is 39.1. The molecular weight excluding hydrogens is 712 g/mol. The summed E-state index contributed by atoms with van der Waals surface area (Å²) in [5.74, 6) is 0.614. The molecule has 0 amide bonds. The molecule has 1 N–H and O–H groups in total. The number of aromatic nitrogens is 1. The zero-order valence-electron chi connectivity index (χ0n) is 32.1. The van der Waals surface area contributed by atoms with Crippen LogP contribution in [-0.2, 0) is 22.7 Å². The zero-order chi connectivity index (χ0) is 38.4. The summed E-state index contributed by atoms with van der Waals surface area (Å²) in [6.45, 7) is 8.87. The summed E-state index contributed by atoms with van der Waals surface area (Å²) in [4.78, 5) is 21.1. The number of ether oxygens (including phenoxy) is 3. The fraction of sp³-hybridized carbons (Fsp3) is 0.489. The van der Waals surface area contributed by atoms with Crippen molar-refractivity contribution in [3.63, 3.8) is 0 Å². The molecule has 4 atom stereocenters. The van der Waals surface area contributed by atoms with Gasteiger partial charge < -0.3 is 24.2 Å². The van der Waals surface area contributed by atoms with Crippen LogP contribution in [0.15, 0.2) is 79.2 Å². The molecule has 3 aliphatic heterocycles. The molecule has 0 bridgehead atoms. The lowest BCUT2D eigenvalue weighted by Crippen LogP contribution is -2.54. The second kappa shape index (κ2) is 17.3. The van der Waals surface area contributed by atoms with Gasteiger partial charge in [0.05, 0.1) is 17.2 Å². The highest BCUT2D eigenvalue weighted by Gasteiger charge is 2.50. The Kier molecular flexibility index (Phi) is 12.3. The number of likely N-dealkylation sites (tertiary alicyclic amines) is 1. The molecule has 0 radical (unpaired) electrons. The van der Waals surface area contributed by atoms with Crippen LogP contribution < -0.4 is 9.47 Å². The Morgan fingerprint density at radius 3 is 2.60 bits per heavy atom. The van der Waals surface area contributed by atoms with Gasteiger partial charge in [0.15, 0.2) is 0 Å². The van der Waals surface area contributed by atoms with E-state index in [2.05, 4.69) is 72.3 Å². The number of benzene rings is 2. The molecule has 10 heteroatoms. The van der Waals surface area contributed by atoms with Crippen LogP contribution in [0.3, 0.4) is 0 Å². The molecule has 0 spiro atoms. The van der Waals surface area contributed by atoms with E-state index in [9.17, 15) is 15.2 Å². The summed E-state index contributed by atoms with van der Waals surface area (Å²) >= 11 is 7.07. The maximum atomic E-state index is 12.2. The highest BCUT2D eigenvalue weighted by atomic mass is 35.5. The lowest BCUT2D eigenvalue weighted by atomic mass is 9.65. The second-order valence-corrected chi connectivity index (χ2v) is 16.5. The van der Waals surface area contributed by atoms with Gasteiger partial charge in [-0.05, 0) is 93.4 Å². The predicted molar refractivity (Wildman–Crippen MR) is 214 cm³/mol. The number of halogens is 1. The Hall–Kier alpha value is -4.20. The van der Waals surface area contributed by atoms with E-state index in [-0.39, 0.29) is 13.2 Å². The number of nitriles is 1. The van der Waals surface area contributed by atoms with Gasteiger partial charge in [0, 0.05) is 47.6 Å². The van der Waals surface area contributed by atoms with Crippen molar-refractivity contribution in [1.82, 2.24) is 14.8 Å². The van der Waals surface area contributed by atoms with E-state index >= 15 is 0 Å². The average Bonchev–Trinajstić information content (AvgIpc) is 3.20. The Balaban J connectivity index is 1.19. The summed E-state index contributed by atoms with van der Waals surface area (Å²) in [5, 5.41) is 19.9. The number of hydrogen-bond donors (Lipinski definition) is 1. The summed E-state index contributed by atoms with van der Waals surface area (Å²) < 4.78 is 20.5. The minimum atomic E-state index is -0.825. The van der Waals surface area contributed by atoms with Crippen LogP contribution in [0, 0.1) is 22.7 Å². The number of aliphatic carboxylic acids is 1. The van der Waals surface area contributed by atoms with Gasteiger partial charge >= 0.3 is 5.97 Å². The van der Waals surface area contributed by atoms with E-state index in [0.29, 0.717) is 60.2 Å². The van der Waals surface area contributed by atoms with Crippen LogP contribution in [0.4, 0.5) is 0 Å². The van der Waals surface area contributed by atoms with Crippen molar-refractivity contribution in [2.45, 2.75) is 96.1 Å². The van der Waals surface area contributed by atoms with Crippen LogP contribution in [0.1, 0.15) is 87.5 Å². The van der Waals surface area contributed by atoms with Gasteiger partial charge in [-0.1, -0.05) is 80.8 Å². The van der Waals surface area contributed by atoms with E-state index in [1.165, 1.54) is 50.5 Å². The molecule has 55 heavy (non-hydrogen) atoms. The summed E-state index contributed by atoms with van der Waals surface area (Å²) in [5.41, 5.74) is 2.97. The Bertz CT molecular complexity index is 1920. The number of carbonyl (C=O) groups is 1. The van der Waals surface area contributed by atoms with Crippen molar-refractivity contribution in [2.75, 3.05) is 32.8 Å². The topological polar surface area (TPSA) is 108 Å². The maximum Gasteiger partial charge on any atom is 0.320 e. The number of fused-ring (bicyclic) bond motifs is 1. The van der Waals surface area contributed by atoms with Crippen LogP contribution in [0.5, 0.6) is 11.5 Å². The second-order valence-electron chi connectivity index (χ2n) is 16.1. The minimum Gasteiger partial charge on any atom is -0.488 e. The van der Waals surface area contributed by atoms with E-state index in [4.69, 9.17) is 25.8 Å². The first-order valence-corrected chi connectivity index (χ1v) is 20.3. The SMILES string of the molecule is CC1(C)C(c2ccccc2)=CC=CC1(COc1cc(OCc2cncc(C#N)c2)c(CN2CCCC[C@H]2C(=O)O)cc1Cl)OC[C@@H]1CCCN2CCCC[C@H]12. The summed E-state index contributed by atoms with van der Waals surface area (Å²) in [6, 6.07) is 18.0. The monoisotopic (exact) mass is 764 g/mol. The minimum absolute atomic E-state index is 0.159. The van der Waals surface area contributed by atoms with Crippen LogP contribution in [-0.4, -0.2) is 76.4 Å².